The standard InChI is InChI=1S/C36H48FN3O.2C2H6/c1-5-38-36-31(20-19-30-12-7-8-15-34(30)37)13-10-14-33(36)27(3)41-32-21-23-39(24-22-32)28(4)40(25-29-17-18-29)35-16-9-6-11-26(35)2;2*1-2/h5-12,14-16,27-29,31-32H,13,17-25H2,1-4H3;2*1-2H3. The number of likely N-dealkylation sites (tertiary alicyclic amines) is 1. The van der Waals surface area contributed by atoms with Gasteiger partial charge in [-0.3, -0.25) is 9.89 Å². The van der Waals surface area contributed by atoms with Crippen molar-refractivity contribution in [1.82, 2.24) is 4.90 Å². The molecule has 0 aromatic heterocycles. The first-order chi connectivity index (χ1) is 21.9. The lowest BCUT2D eigenvalue weighted by Gasteiger charge is -2.43. The van der Waals surface area contributed by atoms with E-state index in [-0.39, 0.29) is 23.9 Å². The van der Waals surface area contributed by atoms with Gasteiger partial charge in [-0.2, -0.15) is 0 Å². The molecule has 3 aliphatic rings. The topological polar surface area (TPSA) is 28.1 Å². The van der Waals surface area contributed by atoms with E-state index in [2.05, 4.69) is 67.0 Å². The van der Waals surface area contributed by atoms with Crippen LogP contribution in [0.1, 0.15) is 98.1 Å². The fraction of sp³-hybridized carbons (Fsp3) is 0.575. The Kier molecular flexibility index (Phi) is 15.5. The molecule has 2 aromatic rings. The molecule has 0 N–H and O–H groups in total. The molecule has 1 aliphatic heterocycles. The van der Waals surface area contributed by atoms with Crippen molar-refractivity contribution in [2.75, 3.05) is 24.5 Å². The largest absolute Gasteiger partial charge is 0.370 e. The van der Waals surface area contributed by atoms with E-state index in [9.17, 15) is 4.39 Å². The summed E-state index contributed by atoms with van der Waals surface area (Å²) in [6.07, 6.45) is 14.3. The molecule has 0 radical (unpaired) electrons. The van der Waals surface area contributed by atoms with Gasteiger partial charge in [0.05, 0.1) is 18.4 Å². The second kappa shape index (κ2) is 19.0. The Hall–Kier alpha value is -2.76. The van der Waals surface area contributed by atoms with E-state index in [0.717, 1.165) is 62.5 Å². The smallest absolute Gasteiger partial charge is 0.126 e. The number of halogens is 1. The number of para-hydroxylation sites is 1. The van der Waals surface area contributed by atoms with Crippen LogP contribution in [0.25, 0.3) is 0 Å². The van der Waals surface area contributed by atoms with E-state index in [1.165, 1.54) is 29.7 Å². The third-order valence-corrected chi connectivity index (χ3v) is 9.26. The number of allylic oxidation sites excluding steroid dienone is 2. The highest BCUT2D eigenvalue weighted by molar-refractivity contribution is 5.57. The van der Waals surface area contributed by atoms with Crippen LogP contribution >= 0.6 is 0 Å². The minimum Gasteiger partial charge on any atom is -0.370 e. The number of benzene rings is 2. The van der Waals surface area contributed by atoms with Gasteiger partial charge in [-0.1, -0.05) is 76.2 Å². The highest BCUT2D eigenvalue weighted by Gasteiger charge is 2.33. The SMILES string of the molecule is CC.CC.CC=NC1=C(C(C)OC2CCN(C(C)N(CC3CC3)c3ccccc3C)CC2)C=CCC1CCc1ccccc1F. The molecule has 4 nitrogen and oxygen atoms in total. The summed E-state index contributed by atoms with van der Waals surface area (Å²) in [4.78, 5) is 10.1. The van der Waals surface area contributed by atoms with E-state index in [4.69, 9.17) is 9.73 Å². The summed E-state index contributed by atoms with van der Waals surface area (Å²) >= 11 is 0. The summed E-state index contributed by atoms with van der Waals surface area (Å²) in [6.45, 7) is 20.0. The molecule has 248 valence electrons. The lowest BCUT2D eigenvalue weighted by Crippen LogP contribution is -2.51. The van der Waals surface area contributed by atoms with Crippen molar-refractivity contribution in [2.45, 2.75) is 119 Å². The molecule has 45 heavy (non-hydrogen) atoms. The molecular formula is C40H60FN3O. The Bertz CT molecular complexity index is 1240. The van der Waals surface area contributed by atoms with Crippen LogP contribution in [0.3, 0.4) is 0 Å². The molecule has 5 rings (SSSR count). The van der Waals surface area contributed by atoms with Crippen molar-refractivity contribution in [3.63, 3.8) is 0 Å². The predicted octanol–water partition coefficient (Wildman–Crippen LogP) is 10.2. The van der Waals surface area contributed by atoms with Crippen LogP contribution in [0.4, 0.5) is 10.1 Å². The number of ether oxygens (including phenoxy) is 1. The van der Waals surface area contributed by atoms with Gasteiger partial charge in [-0.15, -0.1) is 0 Å². The molecule has 2 aliphatic carbocycles. The van der Waals surface area contributed by atoms with Crippen molar-refractivity contribution in [2.24, 2.45) is 16.8 Å². The van der Waals surface area contributed by atoms with Crippen molar-refractivity contribution < 1.29 is 9.13 Å². The Labute approximate surface area is 274 Å². The third-order valence-electron chi connectivity index (χ3n) is 9.26. The van der Waals surface area contributed by atoms with E-state index in [1.54, 1.807) is 12.1 Å². The van der Waals surface area contributed by atoms with Gasteiger partial charge in [0.2, 0.25) is 0 Å². The van der Waals surface area contributed by atoms with Crippen molar-refractivity contribution in [1.29, 1.82) is 0 Å². The first kappa shape index (κ1) is 36.7. The average Bonchev–Trinajstić information content (AvgIpc) is 3.90. The predicted molar refractivity (Wildman–Crippen MR) is 192 cm³/mol. The summed E-state index contributed by atoms with van der Waals surface area (Å²) in [5, 5.41) is 0. The summed E-state index contributed by atoms with van der Waals surface area (Å²) < 4.78 is 21.0. The number of aryl methyl sites for hydroxylation is 2. The zero-order valence-corrected chi connectivity index (χ0v) is 29.4. The number of hydrogen-bond acceptors (Lipinski definition) is 4. The maximum Gasteiger partial charge on any atom is 0.126 e. The summed E-state index contributed by atoms with van der Waals surface area (Å²) in [7, 11) is 0. The van der Waals surface area contributed by atoms with Gasteiger partial charge in [0.25, 0.3) is 0 Å². The number of aliphatic imine (C=N–C) groups is 1. The molecule has 0 bridgehead atoms. The van der Waals surface area contributed by atoms with Crippen LogP contribution in [-0.2, 0) is 11.2 Å². The van der Waals surface area contributed by atoms with E-state index in [1.807, 2.05) is 53.0 Å². The van der Waals surface area contributed by atoms with E-state index >= 15 is 0 Å². The minimum atomic E-state index is -0.115. The molecule has 2 fully saturated rings. The highest BCUT2D eigenvalue weighted by Crippen LogP contribution is 2.36. The Morgan fingerprint density at radius 3 is 2.29 bits per heavy atom. The van der Waals surface area contributed by atoms with Crippen LogP contribution in [0.2, 0.25) is 0 Å². The van der Waals surface area contributed by atoms with Gasteiger partial charge >= 0.3 is 0 Å². The first-order valence-electron chi connectivity index (χ1n) is 17.8. The second-order valence-corrected chi connectivity index (χ2v) is 12.2. The third kappa shape index (κ3) is 10.4. The van der Waals surface area contributed by atoms with Gasteiger partial charge in [-0.25, -0.2) is 4.39 Å². The van der Waals surface area contributed by atoms with Crippen molar-refractivity contribution >= 4 is 11.9 Å². The molecular weight excluding hydrogens is 557 g/mol. The first-order valence-corrected chi connectivity index (χ1v) is 17.8. The number of hydrogen-bond donors (Lipinski definition) is 0. The zero-order valence-electron chi connectivity index (χ0n) is 29.4. The molecule has 0 amide bonds. The van der Waals surface area contributed by atoms with Gasteiger partial charge in [0.1, 0.15) is 5.82 Å². The van der Waals surface area contributed by atoms with Crippen LogP contribution in [-0.4, -0.2) is 49.1 Å². The quantitative estimate of drug-likeness (QED) is 0.222. The van der Waals surface area contributed by atoms with Gasteiger partial charge < -0.3 is 9.64 Å². The normalized spacial score (nSPS) is 20.2. The summed E-state index contributed by atoms with van der Waals surface area (Å²) in [5.74, 6) is 1.00. The van der Waals surface area contributed by atoms with Crippen LogP contribution in [0.15, 0.2) is 76.9 Å². The highest BCUT2D eigenvalue weighted by atomic mass is 19.1. The van der Waals surface area contributed by atoms with Crippen LogP contribution in [0, 0.1) is 24.6 Å². The second-order valence-electron chi connectivity index (χ2n) is 12.2. The number of rotatable bonds is 12. The molecule has 5 heteroatoms. The van der Waals surface area contributed by atoms with E-state index in [0.29, 0.717) is 12.6 Å². The summed E-state index contributed by atoms with van der Waals surface area (Å²) in [6, 6.07) is 16.0. The van der Waals surface area contributed by atoms with Gasteiger partial charge in [-0.05, 0) is 102 Å². The number of nitrogens with zero attached hydrogens (tertiary/aromatic N) is 3. The zero-order chi connectivity index (χ0) is 32.8. The molecule has 2 aromatic carbocycles. The molecule has 1 saturated carbocycles. The van der Waals surface area contributed by atoms with Crippen molar-refractivity contribution in [3.8, 4) is 0 Å². The van der Waals surface area contributed by atoms with Crippen molar-refractivity contribution in [3.05, 3.63) is 88.9 Å². The molecule has 1 heterocycles. The number of anilines is 1. The Morgan fingerprint density at radius 1 is 0.978 bits per heavy atom. The fourth-order valence-electron chi connectivity index (χ4n) is 6.60. The fourth-order valence-corrected chi connectivity index (χ4v) is 6.60. The lowest BCUT2D eigenvalue weighted by molar-refractivity contribution is -0.0253. The Balaban J connectivity index is 0.00000133. The molecule has 1 saturated heterocycles. The maximum atomic E-state index is 14.3. The maximum absolute atomic E-state index is 14.3. The van der Waals surface area contributed by atoms with E-state index < -0.39 is 0 Å². The molecule has 3 atom stereocenters. The minimum absolute atomic E-state index is 0.0199. The van der Waals surface area contributed by atoms with Gasteiger partial charge in [0, 0.05) is 48.7 Å². The molecule has 3 unspecified atom stereocenters. The van der Waals surface area contributed by atoms with Gasteiger partial charge in [0.15, 0.2) is 0 Å². The number of piperidine rings is 1. The lowest BCUT2D eigenvalue weighted by atomic mass is 9.86. The summed E-state index contributed by atoms with van der Waals surface area (Å²) in [5.41, 5.74) is 5.81. The monoisotopic (exact) mass is 617 g/mol. The van der Waals surface area contributed by atoms with Crippen LogP contribution in [0.5, 0.6) is 0 Å². The average molecular weight is 618 g/mol. The molecule has 0 spiro atoms. The Morgan fingerprint density at radius 2 is 1.64 bits per heavy atom. The van der Waals surface area contributed by atoms with Crippen LogP contribution < -0.4 is 4.90 Å².